The van der Waals surface area contributed by atoms with Crippen molar-refractivity contribution in [3.63, 3.8) is 0 Å². The number of methoxy groups -OCH3 is 1. The molecule has 0 atom stereocenters. The molecule has 0 aliphatic carbocycles. The zero-order valence-electron chi connectivity index (χ0n) is 14.5. The van der Waals surface area contributed by atoms with E-state index in [0.29, 0.717) is 41.8 Å². The van der Waals surface area contributed by atoms with Gasteiger partial charge in [0.25, 0.3) is 0 Å². The first-order valence-electron chi connectivity index (χ1n) is 7.75. The van der Waals surface area contributed by atoms with Gasteiger partial charge in [0, 0.05) is 45.9 Å². The molecule has 0 bridgehead atoms. The summed E-state index contributed by atoms with van der Waals surface area (Å²) in [5.74, 6) is 1.38. The van der Waals surface area contributed by atoms with E-state index in [9.17, 15) is 0 Å². The van der Waals surface area contributed by atoms with Gasteiger partial charge in [-0.3, -0.25) is 0 Å². The summed E-state index contributed by atoms with van der Waals surface area (Å²) in [6, 6.07) is 8.58. The monoisotopic (exact) mass is 383 g/mol. The van der Waals surface area contributed by atoms with Crippen LogP contribution in [0.2, 0.25) is 10.3 Å². The van der Waals surface area contributed by atoms with Gasteiger partial charge in [-0.05, 0) is 23.8 Å². The van der Waals surface area contributed by atoms with Gasteiger partial charge in [-0.15, -0.1) is 0 Å². The number of hydrogen-bond acceptors (Lipinski definition) is 6. The molecular weight excluding hydrogens is 363 g/mol. The van der Waals surface area contributed by atoms with E-state index in [2.05, 4.69) is 16.0 Å². The van der Waals surface area contributed by atoms with Crippen LogP contribution in [0, 0.1) is 6.07 Å². The highest BCUT2D eigenvalue weighted by Crippen LogP contribution is 2.31. The Balaban J connectivity index is 2.32. The number of pyridine rings is 2. The van der Waals surface area contributed by atoms with E-state index < -0.39 is 0 Å². The van der Waals surface area contributed by atoms with Gasteiger partial charge in [0.2, 0.25) is 0 Å². The zero-order chi connectivity index (χ0) is 18.4. The lowest BCUT2D eigenvalue weighted by Crippen LogP contribution is -2.23. The van der Waals surface area contributed by atoms with Crippen LogP contribution in [-0.4, -0.2) is 62.6 Å². The number of halogens is 2. The summed E-state index contributed by atoms with van der Waals surface area (Å²) in [5.41, 5.74) is 1.41. The van der Waals surface area contributed by atoms with Gasteiger partial charge in [0.1, 0.15) is 21.9 Å². The van der Waals surface area contributed by atoms with Crippen LogP contribution in [0.1, 0.15) is 0 Å². The number of rotatable bonds is 8. The maximum atomic E-state index is 9.09. The number of nitrogens with zero attached hydrogens (tertiary/aromatic N) is 4. The molecule has 0 aliphatic rings. The largest absolute Gasteiger partial charge is 0.395 e. The maximum Gasteiger partial charge on any atom is 0.140 e. The van der Waals surface area contributed by atoms with Gasteiger partial charge in [-0.1, -0.05) is 23.2 Å². The van der Waals surface area contributed by atoms with Crippen LogP contribution in [0.15, 0.2) is 18.2 Å². The highest BCUT2D eigenvalue weighted by Gasteiger charge is 2.13. The van der Waals surface area contributed by atoms with E-state index in [1.165, 1.54) is 0 Å². The summed E-state index contributed by atoms with van der Waals surface area (Å²) in [4.78, 5) is 12.4. The minimum absolute atomic E-state index is 0.0224. The number of anilines is 2. The van der Waals surface area contributed by atoms with Gasteiger partial charge >= 0.3 is 0 Å². The van der Waals surface area contributed by atoms with Crippen molar-refractivity contribution in [1.82, 2.24) is 9.97 Å². The topological polar surface area (TPSA) is 61.7 Å². The average molecular weight is 384 g/mol. The van der Waals surface area contributed by atoms with E-state index in [0.717, 1.165) is 5.82 Å². The average Bonchev–Trinajstić information content (AvgIpc) is 2.59. The summed E-state index contributed by atoms with van der Waals surface area (Å²) < 4.78 is 5.07. The predicted molar refractivity (Wildman–Crippen MR) is 102 cm³/mol. The molecule has 135 valence electrons. The van der Waals surface area contributed by atoms with Gasteiger partial charge in [-0.25, -0.2) is 9.97 Å². The van der Waals surface area contributed by atoms with Crippen molar-refractivity contribution in [3.8, 4) is 11.1 Å². The summed E-state index contributed by atoms with van der Waals surface area (Å²) in [6.45, 7) is 1.78. The van der Waals surface area contributed by atoms with E-state index in [1.807, 2.05) is 37.2 Å². The molecule has 2 heterocycles. The minimum Gasteiger partial charge on any atom is -0.395 e. The van der Waals surface area contributed by atoms with Crippen molar-refractivity contribution in [2.45, 2.75) is 0 Å². The summed E-state index contributed by atoms with van der Waals surface area (Å²) in [6.07, 6.45) is 0. The molecule has 6 nitrogen and oxygen atoms in total. The van der Waals surface area contributed by atoms with Crippen molar-refractivity contribution < 1.29 is 9.84 Å². The molecule has 0 amide bonds. The first-order valence-corrected chi connectivity index (χ1v) is 8.50. The molecule has 2 aromatic heterocycles. The molecule has 1 radical (unpaired) electrons. The molecule has 2 rings (SSSR count). The summed E-state index contributed by atoms with van der Waals surface area (Å²) >= 11 is 12.5. The number of ether oxygens (including phenoxy) is 1. The molecule has 0 saturated carbocycles. The Hall–Kier alpha value is -1.60. The maximum absolute atomic E-state index is 9.09. The Bertz CT molecular complexity index is 715. The van der Waals surface area contributed by atoms with Gasteiger partial charge < -0.3 is 19.6 Å². The Kier molecular flexibility index (Phi) is 7.25. The highest BCUT2D eigenvalue weighted by molar-refractivity contribution is 6.32. The standard InChI is InChI=1S/C17H21Cl2N4O2/c1-22(6-8-24)16-11-12(10-14(18)20-16)13-4-5-15(21-17(13)19)23(2)7-9-25-3/h4-5,11,24H,6-9H2,1-3H3. The summed E-state index contributed by atoms with van der Waals surface area (Å²) in [7, 11) is 5.41. The minimum atomic E-state index is 0.0224. The van der Waals surface area contributed by atoms with E-state index >= 15 is 0 Å². The van der Waals surface area contributed by atoms with Crippen molar-refractivity contribution in [1.29, 1.82) is 0 Å². The molecule has 0 aromatic carbocycles. The Morgan fingerprint density at radius 1 is 1.12 bits per heavy atom. The Morgan fingerprint density at radius 2 is 1.84 bits per heavy atom. The van der Waals surface area contributed by atoms with Gasteiger partial charge in [0.05, 0.1) is 13.2 Å². The SMILES string of the molecule is COCCN(C)c1ccc(-c2[c]c(Cl)nc(N(C)CCO)c2)c(Cl)n1. The number of aliphatic hydroxyl groups is 1. The van der Waals surface area contributed by atoms with Crippen LogP contribution < -0.4 is 9.80 Å². The normalized spacial score (nSPS) is 10.8. The predicted octanol–water partition coefficient (Wildman–Crippen LogP) is 2.76. The second-order valence-corrected chi connectivity index (χ2v) is 6.23. The second-order valence-electron chi connectivity index (χ2n) is 5.51. The molecule has 25 heavy (non-hydrogen) atoms. The summed E-state index contributed by atoms with van der Waals surface area (Å²) in [5, 5.41) is 9.68. The first kappa shape index (κ1) is 19.7. The molecule has 0 spiro atoms. The van der Waals surface area contributed by atoms with Crippen LogP contribution in [0.3, 0.4) is 0 Å². The van der Waals surface area contributed by atoms with Gasteiger partial charge in [-0.2, -0.15) is 0 Å². The van der Waals surface area contributed by atoms with Crippen LogP contribution in [0.25, 0.3) is 11.1 Å². The van der Waals surface area contributed by atoms with Crippen LogP contribution in [0.5, 0.6) is 0 Å². The molecule has 1 N–H and O–H groups in total. The number of aromatic nitrogens is 2. The third-order valence-electron chi connectivity index (χ3n) is 3.70. The van der Waals surface area contributed by atoms with E-state index in [4.69, 9.17) is 33.0 Å². The fraction of sp³-hybridized carbons (Fsp3) is 0.412. The zero-order valence-corrected chi connectivity index (χ0v) is 16.0. The van der Waals surface area contributed by atoms with Crippen LogP contribution >= 0.6 is 23.2 Å². The van der Waals surface area contributed by atoms with Crippen molar-refractivity contribution >= 4 is 34.8 Å². The smallest absolute Gasteiger partial charge is 0.140 e. The third-order valence-corrected chi connectivity index (χ3v) is 4.16. The Morgan fingerprint density at radius 3 is 2.48 bits per heavy atom. The first-order chi connectivity index (χ1) is 12.0. The lowest BCUT2D eigenvalue weighted by Gasteiger charge is -2.19. The quantitative estimate of drug-likeness (QED) is 0.707. The molecular formula is C17H21Cl2N4O2. The second kappa shape index (κ2) is 9.20. The molecule has 0 aliphatic heterocycles. The molecule has 0 saturated heterocycles. The number of hydrogen-bond donors (Lipinski definition) is 1. The lowest BCUT2D eigenvalue weighted by molar-refractivity contribution is 0.206. The molecule has 8 heteroatoms. The Labute approximate surface area is 158 Å². The van der Waals surface area contributed by atoms with Crippen molar-refractivity contribution in [2.75, 3.05) is 57.3 Å². The number of aliphatic hydroxyl groups excluding tert-OH is 1. The van der Waals surface area contributed by atoms with Crippen LogP contribution in [-0.2, 0) is 4.74 Å². The van der Waals surface area contributed by atoms with Crippen molar-refractivity contribution in [2.24, 2.45) is 0 Å². The number of likely N-dealkylation sites (N-methyl/N-ethyl adjacent to an activating group) is 2. The molecule has 0 fully saturated rings. The van der Waals surface area contributed by atoms with E-state index in [-0.39, 0.29) is 11.8 Å². The van der Waals surface area contributed by atoms with Gasteiger partial charge in [0.15, 0.2) is 0 Å². The third kappa shape index (κ3) is 5.19. The highest BCUT2D eigenvalue weighted by atomic mass is 35.5. The molecule has 2 aromatic rings. The van der Waals surface area contributed by atoms with E-state index in [1.54, 1.807) is 12.0 Å². The fourth-order valence-corrected chi connectivity index (χ4v) is 2.66. The van der Waals surface area contributed by atoms with Crippen LogP contribution in [0.4, 0.5) is 11.6 Å². The lowest BCUT2D eigenvalue weighted by atomic mass is 10.1. The fourth-order valence-electron chi connectivity index (χ4n) is 2.22. The molecule has 0 unspecified atom stereocenters. The van der Waals surface area contributed by atoms with Crippen molar-refractivity contribution in [3.05, 3.63) is 34.6 Å².